The van der Waals surface area contributed by atoms with Crippen LogP contribution in [0.2, 0.25) is 0 Å². The molecule has 8 aromatic rings. The number of hydrogen-bond donors (Lipinski definition) is 0. The number of benzene rings is 4. The summed E-state index contributed by atoms with van der Waals surface area (Å²) in [7, 11) is 6.47. The monoisotopic (exact) mass is 1080 g/mol. The third-order valence-corrected chi connectivity index (χ3v) is 17.7. The first kappa shape index (κ1) is 49.1. The van der Waals surface area contributed by atoms with Crippen LogP contribution in [0.1, 0.15) is 58.4 Å². The third kappa shape index (κ3) is 7.69. The Kier molecular flexibility index (Phi) is 11.3. The van der Waals surface area contributed by atoms with Crippen LogP contribution < -0.4 is 58.1 Å². The zero-order chi connectivity index (χ0) is 55.1. The maximum atomic E-state index is 5.73. The van der Waals surface area contributed by atoms with Crippen molar-refractivity contribution in [3.63, 3.8) is 0 Å². The lowest BCUT2D eigenvalue weighted by Crippen LogP contribution is -2.43. The van der Waals surface area contributed by atoms with E-state index in [4.69, 9.17) is 18.9 Å². The lowest BCUT2D eigenvalue weighted by molar-refractivity contribution is 0.171. The van der Waals surface area contributed by atoms with Crippen molar-refractivity contribution >= 4 is 68.8 Å². The van der Waals surface area contributed by atoms with Crippen LogP contribution in [0.5, 0.6) is 23.0 Å². The minimum atomic E-state index is 0.294. The molecule has 4 aromatic carbocycles. The Labute approximate surface area is 473 Å². The Morgan fingerprint density at radius 2 is 0.790 bits per heavy atom. The van der Waals surface area contributed by atoms with Gasteiger partial charge in [0.15, 0.2) is 46.3 Å². The van der Waals surface area contributed by atoms with Crippen LogP contribution in [-0.4, -0.2) is 91.8 Å². The van der Waals surface area contributed by atoms with Crippen LogP contribution in [0.3, 0.4) is 0 Å². The Morgan fingerprint density at radius 3 is 1.32 bits per heavy atom. The molecule has 10 aliphatic rings. The highest BCUT2D eigenvalue weighted by Crippen LogP contribution is 2.55. The Hall–Kier alpha value is -8.92. The van der Waals surface area contributed by atoms with Gasteiger partial charge >= 0.3 is 0 Å². The number of fused-ring (bicyclic) bond motifs is 22. The number of rotatable bonds is 1. The van der Waals surface area contributed by atoms with Gasteiger partial charge in [0.2, 0.25) is 6.79 Å². The van der Waals surface area contributed by atoms with Gasteiger partial charge in [-0.2, -0.15) is 0 Å². The second kappa shape index (κ2) is 18.6. The van der Waals surface area contributed by atoms with Crippen LogP contribution in [0, 0.1) is 27.7 Å². The smallest absolute Gasteiger partial charge is 0.231 e. The second-order valence-corrected chi connectivity index (χ2v) is 23.2. The molecule has 0 radical (unpaired) electrons. The molecule has 0 bridgehead atoms. The van der Waals surface area contributed by atoms with Gasteiger partial charge in [0.05, 0.1) is 34.1 Å². The van der Waals surface area contributed by atoms with Gasteiger partial charge in [0.1, 0.15) is 37.9 Å². The second-order valence-electron chi connectivity index (χ2n) is 23.2. The summed E-state index contributed by atoms with van der Waals surface area (Å²) in [4.78, 5) is 37.4. The van der Waals surface area contributed by atoms with Crippen LogP contribution in [-0.2, 0) is 25.7 Å². The molecule has 0 saturated carbocycles. The molecule has 10 aliphatic heterocycles. The predicted octanol–water partition coefficient (Wildman–Crippen LogP) is 11.7. The van der Waals surface area contributed by atoms with Gasteiger partial charge in [-0.3, -0.25) is 0 Å². The molecule has 14 heterocycles. The van der Waals surface area contributed by atoms with Gasteiger partial charge in [0.25, 0.3) is 0 Å². The molecule has 0 aliphatic carbocycles. The van der Waals surface area contributed by atoms with Crippen molar-refractivity contribution in [3.05, 3.63) is 166 Å². The molecule has 18 rings (SSSR count). The van der Waals surface area contributed by atoms with Gasteiger partial charge in [-0.25, -0.2) is 19.9 Å². The van der Waals surface area contributed by atoms with E-state index in [-0.39, 0.29) is 0 Å². The van der Waals surface area contributed by atoms with Gasteiger partial charge in [-0.05, 0) is 147 Å². The summed E-state index contributed by atoms with van der Waals surface area (Å²) in [6.45, 7) is 14.5. The lowest BCUT2D eigenvalue weighted by Gasteiger charge is -2.30. The highest BCUT2D eigenvalue weighted by Gasteiger charge is 2.47. The molecule has 410 valence electrons. The molecule has 0 saturated heterocycles. The lowest BCUT2D eigenvalue weighted by atomic mass is 10.1. The molecule has 81 heavy (non-hydrogen) atoms. The van der Waals surface area contributed by atoms with Gasteiger partial charge < -0.3 is 58.1 Å². The van der Waals surface area contributed by atoms with Crippen LogP contribution in [0.15, 0.2) is 122 Å². The van der Waals surface area contributed by atoms with Crippen molar-refractivity contribution in [2.75, 3.05) is 80.3 Å². The summed E-state index contributed by atoms with van der Waals surface area (Å²) in [5, 5.41) is 0. The largest absolute Gasteiger partial charge is 0.486 e. The summed E-state index contributed by atoms with van der Waals surface area (Å²) >= 11 is 0. The molecule has 4 atom stereocenters. The molecule has 0 amide bonds. The molecular weight excluding hydrogens is 1010 g/mol. The maximum Gasteiger partial charge on any atom is 0.231 e. The number of ether oxygens (including phenoxy) is 4. The highest BCUT2D eigenvalue weighted by atomic mass is 16.7. The van der Waals surface area contributed by atoms with Gasteiger partial charge in [-0.15, -0.1) is 0 Å². The number of likely N-dealkylation sites (N-methyl/N-ethyl adjacent to an activating group) is 3. The predicted molar refractivity (Wildman–Crippen MR) is 320 cm³/mol. The Balaban J connectivity index is 0.0000000930. The van der Waals surface area contributed by atoms with Crippen molar-refractivity contribution in [3.8, 4) is 23.0 Å². The van der Waals surface area contributed by atoms with Gasteiger partial charge in [0, 0.05) is 101 Å². The number of hydrogen-bond acceptors (Lipinski definition) is 16. The van der Waals surface area contributed by atoms with E-state index in [0.717, 1.165) is 72.0 Å². The first-order chi connectivity index (χ1) is 39.4. The van der Waals surface area contributed by atoms with Crippen LogP contribution in [0.4, 0.5) is 68.8 Å². The number of pyridine rings is 4. The van der Waals surface area contributed by atoms with Crippen LogP contribution in [0.25, 0.3) is 0 Å². The van der Waals surface area contributed by atoms with E-state index in [1.165, 1.54) is 90.0 Å². The topological polar surface area (TPSA) is 114 Å². The zero-order valence-corrected chi connectivity index (χ0v) is 47.4. The summed E-state index contributed by atoms with van der Waals surface area (Å²) in [6, 6.07) is 35.1. The molecule has 0 fully saturated rings. The quantitative estimate of drug-likeness (QED) is 0.155. The average Bonchev–Trinajstić information content (AvgIpc) is 4.09. The average molecular weight is 1080 g/mol. The zero-order valence-electron chi connectivity index (χ0n) is 47.4. The first-order valence-corrected chi connectivity index (χ1v) is 28.4. The highest BCUT2D eigenvalue weighted by molar-refractivity contribution is 5.89. The van der Waals surface area contributed by atoms with E-state index >= 15 is 0 Å². The molecule has 4 unspecified atom stereocenters. The maximum absolute atomic E-state index is 5.73. The van der Waals surface area contributed by atoms with E-state index < -0.39 is 0 Å². The van der Waals surface area contributed by atoms with Gasteiger partial charge in [-0.1, -0.05) is 24.3 Å². The van der Waals surface area contributed by atoms with Crippen molar-refractivity contribution in [2.45, 2.75) is 97.9 Å². The minimum Gasteiger partial charge on any atom is -0.486 e. The SMILES string of the molecule is CC(C)N1c2cccnc2N2c3cc4c(cc3CC21)OCO4.CN1c2cccnc2N2c3cc4c(cc3CC12)OCCO4.Cc1cnc2c(c1)N(C)C1Cc3ccc(C)cc3N21.Cc1cnc2c(c1)N(C)C1Cc3ccc(C)cc3N21. The molecule has 16 nitrogen and oxygen atoms in total. The van der Waals surface area contributed by atoms with E-state index in [1.807, 2.05) is 36.9 Å². The first-order valence-electron chi connectivity index (χ1n) is 28.4. The van der Waals surface area contributed by atoms with E-state index in [0.29, 0.717) is 50.7 Å². The summed E-state index contributed by atoms with van der Waals surface area (Å²) in [5.74, 6) is 7.67. The number of anilines is 12. The fraction of sp³-hybridized carbons (Fsp3) is 0.323. The normalized spacial score (nSPS) is 20.1. The van der Waals surface area contributed by atoms with Crippen LogP contribution >= 0.6 is 0 Å². The molecule has 0 N–H and O–H groups in total. The van der Waals surface area contributed by atoms with E-state index in [2.05, 4.69) is 207 Å². The number of aromatic nitrogens is 4. The Morgan fingerprint density at radius 1 is 0.395 bits per heavy atom. The number of aryl methyl sites for hydroxylation is 4. The standard InChI is InChI=1S/C17H17N3O2.C16H15N3O2.2C16H17N3/c1-10(2)19-12-4-3-5-18-17(12)20-13-8-15-14(21-9-22-15)6-11(13)7-16(19)20;1-18-11-3-2-4-17-16(11)19-12-9-14-13(20-5-6-21-14)7-10(12)8-15(18)19;2*1-10-4-5-12-8-15-18(3)14-7-11(2)9-17-16(14)19(15)13(12)6-10/h3-6,8,10,16H,7,9H2,1-2H3;2-4,7,9,15H,5-6,8H2,1H3;2*4-7,9,15H,8H2,1-3H3. The summed E-state index contributed by atoms with van der Waals surface area (Å²) in [6.07, 6.45) is 13.1. The fourth-order valence-corrected chi connectivity index (χ4v) is 13.9. The molecule has 0 spiro atoms. The summed E-state index contributed by atoms with van der Waals surface area (Å²) in [5.41, 5.74) is 20.4. The molecule has 4 aromatic heterocycles. The van der Waals surface area contributed by atoms with E-state index in [1.54, 1.807) is 0 Å². The third-order valence-electron chi connectivity index (χ3n) is 17.7. The number of nitrogens with zero attached hydrogens (tertiary/aromatic N) is 12. The summed E-state index contributed by atoms with van der Waals surface area (Å²) < 4.78 is 22.5. The Bertz CT molecular complexity index is 3750. The molecular formula is C65H66N12O4. The van der Waals surface area contributed by atoms with Crippen molar-refractivity contribution in [1.82, 2.24) is 19.9 Å². The van der Waals surface area contributed by atoms with Crippen molar-refractivity contribution < 1.29 is 18.9 Å². The van der Waals surface area contributed by atoms with Crippen molar-refractivity contribution in [2.24, 2.45) is 0 Å². The van der Waals surface area contributed by atoms with E-state index in [9.17, 15) is 0 Å². The fourth-order valence-electron chi connectivity index (χ4n) is 13.9. The molecule has 16 heteroatoms. The van der Waals surface area contributed by atoms with Crippen molar-refractivity contribution in [1.29, 1.82) is 0 Å². The minimum absolute atomic E-state index is 0.294.